The summed E-state index contributed by atoms with van der Waals surface area (Å²) < 4.78 is 7.53. The summed E-state index contributed by atoms with van der Waals surface area (Å²) in [6, 6.07) is 18.0. The Kier molecular flexibility index (Phi) is 5.10. The largest absolute Gasteiger partial charge is 0.504 e. The second-order valence-electron chi connectivity index (χ2n) is 6.91. The third-order valence-electron chi connectivity index (χ3n) is 5.15. The molecular weight excluding hydrogens is 360 g/mol. The Morgan fingerprint density at radius 1 is 1.11 bits per heavy atom. The summed E-state index contributed by atoms with van der Waals surface area (Å²) in [4.78, 5) is 2.45. The average molecular weight is 383 g/mol. The quantitative estimate of drug-likeness (QED) is 0.700. The Balaban J connectivity index is 1.75. The highest BCUT2D eigenvalue weighted by molar-refractivity contribution is 6.30. The SMILES string of the molecule is COc1ccc(C2c3cccn3CCCN2Cc2cccc(Cl)c2)cc1O. The van der Waals surface area contributed by atoms with Crippen molar-refractivity contribution >= 4 is 11.6 Å². The van der Waals surface area contributed by atoms with Crippen molar-refractivity contribution in [2.24, 2.45) is 0 Å². The van der Waals surface area contributed by atoms with E-state index >= 15 is 0 Å². The predicted octanol–water partition coefficient (Wildman–Crippen LogP) is 4.85. The number of phenolic OH excluding ortho intramolecular Hbond substituents is 1. The lowest BCUT2D eigenvalue weighted by atomic mass is 10.0. The third-order valence-corrected chi connectivity index (χ3v) is 5.38. The van der Waals surface area contributed by atoms with Gasteiger partial charge in [-0.3, -0.25) is 4.90 Å². The van der Waals surface area contributed by atoms with Crippen molar-refractivity contribution in [1.82, 2.24) is 9.47 Å². The Bertz CT molecular complexity index is 938. The van der Waals surface area contributed by atoms with Crippen LogP contribution < -0.4 is 4.74 Å². The van der Waals surface area contributed by atoms with Gasteiger partial charge in [-0.1, -0.05) is 29.8 Å². The lowest BCUT2D eigenvalue weighted by Crippen LogP contribution is -2.29. The molecule has 0 fully saturated rings. The number of aryl methyl sites for hydroxylation is 1. The zero-order valence-corrected chi connectivity index (χ0v) is 16.1. The second-order valence-corrected chi connectivity index (χ2v) is 7.35. The predicted molar refractivity (Wildman–Crippen MR) is 107 cm³/mol. The molecule has 2 aromatic carbocycles. The van der Waals surface area contributed by atoms with Crippen LogP contribution in [0.1, 0.15) is 29.3 Å². The Morgan fingerprint density at radius 2 is 2.00 bits per heavy atom. The molecule has 0 amide bonds. The highest BCUT2D eigenvalue weighted by atomic mass is 35.5. The van der Waals surface area contributed by atoms with Gasteiger partial charge in [0, 0.05) is 36.5 Å². The Labute approximate surface area is 164 Å². The molecule has 0 saturated heterocycles. The van der Waals surface area contributed by atoms with E-state index in [4.69, 9.17) is 16.3 Å². The van der Waals surface area contributed by atoms with E-state index in [9.17, 15) is 5.11 Å². The van der Waals surface area contributed by atoms with Gasteiger partial charge in [-0.2, -0.15) is 0 Å². The van der Waals surface area contributed by atoms with Crippen molar-refractivity contribution in [3.05, 3.63) is 82.6 Å². The van der Waals surface area contributed by atoms with Gasteiger partial charge in [0.25, 0.3) is 0 Å². The molecule has 4 nitrogen and oxygen atoms in total. The highest BCUT2D eigenvalue weighted by Crippen LogP contribution is 2.37. The maximum absolute atomic E-state index is 10.3. The zero-order chi connectivity index (χ0) is 18.8. The van der Waals surface area contributed by atoms with Gasteiger partial charge in [0.1, 0.15) is 0 Å². The molecule has 1 aliphatic heterocycles. The number of hydrogen-bond acceptors (Lipinski definition) is 3. The number of benzene rings is 2. The topological polar surface area (TPSA) is 37.6 Å². The van der Waals surface area contributed by atoms with E-state index in [1.165, 1.54) is 11.3 Å². The summed E-state index contributed by atoms with van der Waals surface area (Å²) in [5.74, 6) is 0.657. The van der Waals surface area contributed by atoms with E-state index in [0.29, 0.717) is 5.75 Å². The smallest absolute Gasteiger partial charge is 0.160 e. The number of aromatic nitrogens is 1. The molecular formula is C22H23ClN2O2. The number of methoxy groups -OCH3 is 1. The van der Waals surface area contributed by atoms with Gasteiger partial charge in [0.2, 0.25) is 0 Å². The molecule has 1 aliphatic rings. The van der Waals surface area contributed by atoms with Crippen LogP contribution in [0.4, 0.5) is 0 Å². The van der Waals surface area contributed by atoms with Crippen LogP contribution in [0.2, 0.25) is 5.02 Å². The Hall–Kier alpha value is -2.43. The molecule has 1 N–H and O–H groups in total. The van der Waals surface area contributed by atoms with E-state index in [1.54, 1.807) is 7.11 Å². The monoisotopic (exact) mass is 382 g/mol. The molecule has 0 saturated carbocycles. The zero-order valence-electron chi connectivity index (χ0n) is 15.3. The molecule has 1 aromatic heterocycles. The van der Waals surface area contributed by atoms with E-state index in [1.807, 2.05) is 36.4 Å². The van der Waals surface area contributed by atoms with E-state index in [0.717, 1.165) is 36.6 Å². The van der Waals surface area contributed by atoms with Gasteiger partial charge < -0.3 is 14.4 Å². The van der Waals surface area contributed by atoms with Crippen LogP contribution in [0.15, 0.2) is 60.8 Å². The first-order chi connectivity index (χ1) is 13.2. The molecule has 0 spiro atoms. The number of ether oxygens (including phenoxy) is 1. The van der Waals surface area contributed by atoms with Crippen LogP contribution in [-0.4, -0.2) is 28.2 Å². The van der Waals surface area contributed by atoms with Gasteiger partial charge in [0.15, 0.2) is 11.5 Å². The van der Waals surface area contributed by atoms with Gasteiger partial charge >= 0.3 is 0 Å². The van der Waals surface area contributed by atoms with Gasteiger partial charge in [-0.05, 0) is 53.9 Å². The molecule has 3 aromatic rings. The molecule has 0 bridgehead atoms. The summed E-state index contributed by atoms with van der Waals surface area (Å²) >= 11 is 6.20. The average Bonchev–Trinajstić information content (AvgIpc) is 3.03. The molecule has 1 unspecified atom stereocenters. The number of rotatable bonds is 4. The van der Waals surface area contributed by atoms with Crippen molar-refractivity contribution in [3.63, 3.8) is 0 Å². The van der Waals surface area contributed by atoms with Crippen molar-refractivity contribution in [3.8, 4) is 11.5 Å². The summed E-state index contributed by atoms with van der Waals surface area (Å²) in [5, 5.41) is 11.1. The Morgan fingerprint density at radius 3 is 2.78 bits per heavy atom. The van der Waals surface area contributed by atoms with Gasteiger partial charge in [-0.15, -0.1) is 0 Å². The normalized spacial score (nSPS) is 17.3. The van der Waals surface area contributed by atoms with Crippen molar-refractivity contribution in [2.45, 2.75) is 25.6 Å². The standard InChI is InChI=1S/C22H23ClN2O2/c1-27-21-9-8-17(14-20(21)26)22-19-7-3-10-24(19)11-4-12-25(22)15-16-5-2-6-18(23)13-16/h2-3,5-10,13-14,22,26H,4,11-12,15H2,1H3. The van der Waals surface area contributed by atoms with E-state index in [-0.39, 0.29) is 11.8 Å². The van der Waals surface area contributed by atoms with Crippen molar-refractivity contribution in [2.75, 3.05) is 13.7 Å². The van der Waals surface area contributed by atoms with E-state index < -0.39 is 0 Å². The van der Waals surface area contributed by atoms with Crippen LogP contribution in [0.5, 0.6) is 11.5 Å². The van der Waals surface area contributed by atoms with Crippen LogP contribution in [0, 0.1) is 0 Å². The lowest BCUT2D eigenvalue weighted by molar-refractivity contribution is 0.220. The van der Waals surface area contributed by atoms with Crippen LogP contribution in [0.25, 0.3) is 0 Å². The van der Waals surface area contributed by atoms with E-state index in [2.05, 4.69) is 33.9 Å². The first-order valence-electron chi connectivity index (χ1n) is 9.16. The molecule has 5 heteroatoms. The third kappa shape index (κ3) is 3.68. The number of halogens is 1. The maximum Gasteiger partial charge on any atom is 0.160 e. The molecule has 0 radical (unpaired) electrons. The molecule has 2 heterocycles. The van der Waals surface area contributed by atoms with Gasteiger partial charge in [0.05, 0.1) is 13.2 Å². The minimum atomic E-state index is 0.0540. The first-order valence-corrected chi connectivity index (χ1v) is 9.54. The van der Waals surface area contributed by atoms with Crippen molar-refractivity contribution in [1.29, 1.82) is 0 Å². The van der Waals surface area contributed by atoms with Gasteiger partial charge in [-0.25, -0.2) is 0 Å². The fraction of sp³-hybridized carbons (Fsp3) is 0.273. The lowest BCUT2D eigenvalue weighted by Gasteiger charge is -2.31. The van der Waals surface area contributed by atoms with Crippen LogP contribution in [0.3, 0.4) is 0 Å². The molecule has 1 atom stereocenters. The number of phenols is 1. The van der Waals surface area contributed by atoms with Crippen LogP contribution >= 0.6 is 11.6 Å². The molecule has 27 heavy (non-hydrogen) atoms. The molecule has 4 rings (SSSR count). The van der Waals surface area contributed by atoms with Crippen molar-refractivity contribution < 1.29 is 9.84 Å². The first kappa shape index (κ1) is 18.0. The second kappa shape index (κ2) is 7.67. The summed E-state index contributed by atoms with van der Waals surface area (Å²) in [6.45, 7) is 2.75. The number of aromatic hydroxyl groups is 1. The fourth-order valence-electron chi connectivity index (χ4n) is 3.94. The minimum absolute atomic E-state index is 0.0540. The summed E-state index contributed by atoms with van der Waals surface area (Å²) in [5.41, 5.74) is 3.47. The number of hydrogen-bond donors (Lipinski definition) is 1. The van der Waals surface area contributed by atoms with Crippen LogP contribution in [-0.2, 0) is 13.1 Å². The summed E-state index contributed by atoms with van der Waals surface area (Å²) in [7, 11) is 1.57. The molecule has 0 aliphatic carbocycles. The fourth-order valence-corrected chi connectivity index (χ4v) is 4.15. The maximum atomic E-state index is 10.3. The summed E-state index contributed by atoms with van der Waals surface area (Å²) in [6.07, 6.45) is 3.20. The highest BCUT2D eigenvalue weighted by Gasteiger charge is 2.28. The minimum Gasteiger partial charge on any atom is -0.504 e. The number of nitrogens with zero attached hydrogens (tertiary/aromatic N) is 2. The molecule has 140 valence electrons. The number of fused-ring (bicyclic) bond motifs is 1.